The van der Waals surface area contributed by atoms with E-state index < -0.39 is 38.0 Å². The fourth-order valence-electron chi connectivity index (χ4n) is 3.01. The molecule has 0 fully saturated rings. The average Bonchev–Trinajstić information content (AvgIpc) is 2.82. The minimum atomic E-state index is -4.52. The van der Waals surface area contributed by atoms with Crippen LogP contribution in [-0.2, 0) is 21.4 Å². The third kappa shape index (κ3) is 5.77. The molecule has 0 saturated carbocycles. The lowest BCUT2D eigenvalue weighted by molar-refractivity contribution is -0.385. The van der Waals surface area contributed by atoms with Gasteiger partial charge in [0.05, 0.1) is 27.8 Å². The smallest absolute Gasteiger partial charge is 0.270 e. The van der Waals surface area contributed by atoms with Crippen molar-refractivity contribution in [1.82, 2.24) is 5.32 Å². The molecule has 0 radical (unpaired) electrons. The summed E-state index contributed by atoms with van der Waals surface area (Å²) in [6.07, 6.45) is 0. The normalized spacial score (nSPS) is 11.0. The number of para-hydroxylation sites is 1. The lowest BCUT2D eigenvalue weighted by Gasteiger charge is -2.25. The Morgan fingerprint density at radius 1 is 1.06 bits per heavy atom. The Hall–Kier alpha value is -3.34. The summed E-state index contributed by atoms with van der Waals surface area (Å²) < 4.78 is 32.9. The van der Waals surface area contributed by atoms with Crippen LogP contribution in [0.4, 0.5) is 11.4 Å². The molecule has 0 heterocycles. The van der Waals surface area contributed by atoms with Crippen LogP contribution >= 0.6 is 23.2 Å². The number of anilines is 1. The highest BCUT2D eigenvalue weighted by Crippen LogP contribution is 2.34. The van der Waals surface area contributed by atoms with E-state index in [1.807, 2.05) is 0 Å². The van der Waals surface area contributed by atoms with Crippen LogP contribution in [0.5, 0.6) is 5.75 Å². The highest BCUT2D eigenvalue weighted by molar-refractivity contribution is 7.93. The quantitative estimate of drug-likeness (QED) is 0.327. The summed E-state index contributed by atoms with van der Waals surface area (Å²) in [5.41, 5.74) is 0.320. The Morgan fingerprint density at radius 2 is 1.74 bits per heavy atom. The minimum Gasteiger partial charge on any atom is -0.497 e. The molecule has 9 nitrogen and oxygen atoms in total. The molecule has 12 heteroatoms. The second-order valence-electron chi connectivity index (χ2n) is 6.96. The minimum absolute atomic E-state index is 0.0198. The maximum atomic E-state index is 13.5. The first kappa shape index (κ1) is 25.3. The van der Waals surface area contributed by atoms with E-state index in [9.17, 15) is 23.3 Å². The van der Waals surface area contributed by atoms with Gasteiger partial charge in [0, 0.05) is 18.7 Å². The fourth-order valence-corrected chi connectivity index (χ4v) is 5.23. The predicted molar refractivity (Wildman–Crippen MR) is 129 cm³/mol. The Balaban J connectivity index is 1.93. The second-order valence-corrected chi connectivity index (χ2v) is 9.60. The lowest BCUT2D eigenvalue weighted by Crippen LogP contribution is -2.41. The number of rotatable bonds is 9. The lowest BCUT2D eigenvalue weighted by atomic mass is 10.2. The molecule has 0 spiro atoms. The van der Waals surface area contributed by atoms with Gasteiger partial charge in [0.2, 0.25) is 5.91 Å². The Bertz CT molecular complexity index is 1320. The van der Waals surface area contributed by atoms with E-state index in [0.29, 0.717) is 5.75 Å². The summed E-state index contributed by atoms with van der Waals surface area (Å²) in [5, 5.41) is 13.7. The van der Waals surface area contributed by atoms with Crippen molar-refractivity contribution < 1.29 is 22.9 Å². The standard InChI is InChI=1S/C22H19Cl2N3O6S/c1-33-17-9-6-15(7-10-17)13-25-22(28)14-26(20-5-3-2-4-18(20)23)34(31,32)21-12-16(27(29)30)8-11-19(21)24/h2-12H,13-14H2,1H3,(H,25,28). The zero-order chi connectivity index (χ0) is 24.9. The van der Waals surface area contributed by atoms with Gasteiger partial charge in [-0.25, -0.2) is 8.42 Å². The topological polar surface area (TPSA) is 119 Å². The monoisotopic (exact) mass is 523 g/mol. The van der Waals surface area contributed by atoms with Gasteiger partial charge in [-0.2, -0.15) is 0 Å². The number of ether oxygens (including phenoxy) is 1. The zero-order valence-corrected chi connectivity index (χ0v) is 20.1. The molecule has 0 aliphatic heterocycles. The van der Waals surface area contributed by atoms with Gasteiger partial charge >= 0.3 is 0 Å². The van der Waals surface area contributed by atoms with E-state index in [2.05, 4.69) is 5.32 Å². The van der Waals surface area contributed by atoms with Crippen LogP contribution in [-0.4, -0.2) is 32.9 Å². The van der Waals surface area contributed by atoms with Gasteiger partial charge in [-0.15, -0.1) is 0 Å². The Kier molecular flexibility index (Phi) is 7.98. The Labute approximate surface area is 206 Å². The number of nitro benzene ring substituents is 1. The molecule has 178 valence electrons. The molecule has 1 amide bonds. The van der Waals surface area contributed by atoms with Crippen LogP contribution < -0.4 is 14.4 Å². The number of amides is 1. The maximum absolute atomic E-state index is 13.5. The summed E-state index contributed by atoms with van der Waals surface area (Å²) in [7, 11) is -2.98. The molecule has 0 aromatic heterocycles. The van der Waals surface area contributed by atoms with E-state index in [-0.39, 0.29) is 22.3 Å². The number of halogens is 2. The van der Waals surface area contributed by atoms with Crippen molar-refractivity contribution in [2.45, 2.75) is 11.4 Å². The number of nitro groups is 1. The van der Waals surface area contributed by atoms with Crippen molar-refractivity contribution >= 4 is 50.5 Å². The average molecular weight is 524 g/mol. The summed E-state index contributed by atoms with van der Waals surface area (Å²) in [6.45, 7) is -0.502. The molecule has 0 aliphatic rings. The summed E-state index contributed by atoms with van der Waals surface area (Å²) >= 11 is 12.3. The molecular formula is C22H19Cl2N3O6S. The van der Waals surface area contributed by atoms with E-state index in [0.717, 1.165) is 28.1 Å². The highest BCUT2D eigenvalue weighted by atomic mass is 35.5. The van der Waals surface area contributed by atoms with Gasteiger partial charge in [0.25, 0.3) is 15.7 Å². The predicted octanol–water partition coefficient (Wildman–Crippen LogP) is 4.42. The first-order valence-electron chi connectivity index (χ1n) is 9.74. The third-order valence-electron chi connectivity index (χ3n) is 4.75. The number of hydrogen-bond acceptors (Lipinski definition) is 6. The number of carbonyl (C=O) groups excluding carboxylic acids is 1. The van der Waals surface area contributed by atoms with E-state index in [4.69, 9.17) is 27.9 Å². The molecule has 0 atom stereocenters. The van der Waals surface area contributed by atoms with Crippen molar-refractivity contribution in [3.8, 4) is 5.75 Å². The first-order valence-corrected chi connectivity index (χ1v) is 11.9. The van der Waals surface area contributed by atoms with Crippen LogP contribution in [0, 0.1) is 10.1 Å². The number of non-ortho nitro benzene ring substituents is 1. The van der Waals surface area contributed by atoms with Crippen molar-refractivity contribution in [3.05, 3.63) is 92.5 Å². The van der Waals surface area contributed by atoms with Crippen LogP contribution in [0.25, 0.3) is 0 Å². The van der Waals surface area contributed by atoms with Gasteiger partial charge < -0.3 is 10.1 Å². The number of hydrogen-bond donors (Lipinski definition) is 1. The number of nitrogens with one attached hydrogen (secondary N) is 1. The fraction of sp³-hybridized carbons (Fsp3) is 0.136. The molecule has 1 N–H and O–H groups in total. The largest absolute Gasteiger partial charge is 0.497 e. The van der Waals surface area contributed by atoms with Crippen LogP contribution in [0.15, 0.2) is 71.6 Å². The van der Waals surface area contributed by atoms with Gasteiger partial charge in [-0.3, -0.25) is 19.2 Å². The molecule has 0 unspecified atom stereocenters. The van der Waals surface area contributed by atoms with Crippen LogP contribution in [0.1, 0.15) is 5.56 Å². The van der Waals surface area contributed by atoms with Crippen molar-refractivity contribution in [2.24, 2.45) is 0 Å². The van der Waals surface area contributed by atoms with Gasteiger partial charge in [-0.05, 0) is 35.9 Å². The van der Waals surface area contributed by atoms with Crippen LogP contribution in [0.2, 0.25) is 10.0 Å². The van der Waals surface area contributed by atoms with Crippen molar-refractivity contribution in [1.29, 1.82) is 0 Å². The van der Waals surface area contributed by atoms with E-state index in [1.165, 1.54) is 19.2 Å². The number of methoxy groups -OCH3 is 1. The number of sulfonamides is 1. The molecule has 0 saturated heterocycles. The summed E-state index contributed by atoms with van der Waals surface area (Å²) in [5.74, 6) is 0.0285. The SMILES string of the molecule is COc1ccc(CNC(=O)CN(c2ccccc2Cl)S(=O)(=O)c2cc([N+](=O)[O-])ccc2Cl)cc1. The third-order valence-corrected chi connectivity index (χ3v) is 7.31. The van der Waals surface area contributed by atoms with Gasteiger partial charge in [0.1, 0.15) is 17.2 Å². The maximum Gasteiger partial charge on any atom is 0.270 e. The molecule has 3 aromatic rings. The van der Waals surface area contributed by atoms with Gasteiger partial charge in [0.15, 0.2) is 0 Å². The Morgan fingerprint density at radius 3 is 2.35 bits per heavy atom. The summed E-state index contributed by atoms with van der Waals surface area (Å²) in [4.78, 5) is 22.7. The number of nitrogens with zero attached hydrogens (tertiary/aromatic N) is 2. The number of benzene rings is 3. The van der Waals surface area contributed by atoms with E-state index in [1.54, 1.807) is 36.4 Å². The second kappa shape index (κ2) is 10.7. The molecular weight excluding hydrogens is 505 g/mol. The van der Waals surface area contributed by atoms with Crippen molar-refractivity contribution in [2.75, 3.05) is 18.0 Å². The van der Waals surface area contributed by atoms with Crippen LogP contribution in [0.3, 0.4) is 0 Å². The number of carbonyl (C=O) groups is 1. The first-order chi connectivity index (χ1) is 16.1. The highest BCUT2D eigenvalue weighted by Gasteiger charge is 2.31. The molecule has 0 bridgehead atoms. The molecule has 0 aliphatic carbocycles. The summed E-state index contributed by atoms with van der Waals surface area (Å²) in [6, 6.07) is 16.0. The van der Waals surface area contributed by atoms with E-state index >= 15 is 0 Å². The molecule has 3 aromatic carbocycles. The van der Waals surface area contributed by atoms with Crippen molar-refractivity contribution in [3.63, 3.8) is 0 Å². The molecule has 3 rings (SSSR count). The van der Waals surface area contributed by atoms with Gasteiger partial charge in [-0.1, -0.05) is 47.5 Å². The molecule has 34 heavy (non-hydrogen) atoms. The zero-order valence-electron chi connectivity index (χ0n) is 17.8.